The number of amides is 1. The van der Waals surface area contributed by atoms with Gasteiger partial charge in [-0.2, -0.15) is 0 Å². The number of rotatable bonds is 5. The molecule has 23 heavy (non-hydrogen) atoms. The van der Waals surface area contributed by atoms with E-state index in [2.05, 4.69) is 15.3 Å². The van der Waals surface area contributed by atoms with Crippen LogP contribution in [0.4, 0.5) is 8.78 Å². The van der Waals surface area contributed by atoms with Gasteiger partial charge in [-0.05, 0) is 36.8 Å². The van der Waals surface area contributed by atoms with Gasteiger partial charge >= 0.3 is 0 Å². The number of aromatic nitrogens is 2. The molecule has 0 fully saturated rings. The lowest BCUT2D eigenvalue weighted by Crippen LogP contribution is -2.25. The quantitative estimate of drug-likeness (QED) is 0.710. The highest BCUT2D eigenvalue weighted by molar-refractivity contribution is 5.94. The van der Waals surface area contributed by atoms with Crippen LogP contribution in [-0.4, -0.2) is 22.4 Å². The van der Waals surface area contributed by atoms with Crippen molar-refractivity contribution in [1.29, 1.82) is 0 Å². The molecule has 0 aliphatic heterocycles. The van der Waals surface area contributed by atoms with Gasteiger partial charge in [-0.3, -0.25) is 4.79 Å². The van der Waals surface area contributed by atoms with Gasteiger partial charge in [0.05, 0.1) is 16.6 Å². The van der Waals surface area contributed by atoms with E-state index < -0.39 is 17.5 Å². The third kappa shape index (κ3) is 3.53. The monoisotopic (exact) mass is 315 g/mol. The van der Waals surface area contributed by atoms with E-state index in [-0.39, 0.29) is 5.56 Å². The fourth-order valence-electron chi connectivity index (χ4n) is 2.35. The van der Waals surface area contributed by atoms with Gasteiger partial charge in [0.2, 0.25) is 0 Å². The number of carbonyl (C=O) groups excluding carboxylic acids is 1. The van der Waals surface area contributed by atoms with Crippen LogP contribution in [-0.2, 0) is 6.42 Å². The number of fused-ring (bicyclic) bond motifs is 1. The molecule has 0 aliphatic rings. The Labute approximate surface area is 131 Å². The van der Waals surface area contributed by atoms with Crippen LogP contribution >= 0.6 is 0 Å². The maximum Gasteiger partial charge on any atom is 0.254 e. The molecule has 118 valence electrons. The molecule has 1 amide bonds. The third-order valence-electron chi connectivity index (χ3n) is 3.49. The molecule has 0 saturated heterocycles. The van der Waals surface area contributed by atoms with Crippen molar-refractivity contribution < 1.29 is 13.6 Å². The lowest BCUT2D eigenvalue weighted by molar-refractivity contribution is 0.0948. The fourth-order valence-corrected chi connectivity index (χ4v) is 2.35. The third-order valence-corrected chi connectivity index (χ3v) is 3.49. The Bertz CT molecular complexity index is 812. The van der Waals surface area contributed by atoms with Gasteiger partial charge in [-0.15, -0.1) is 0 Å². The summed E-state index contributed by atoms with van der Waals surface area (Å²) in [5, 5.41) is 2.58. The molecule has 0 unspecified atom stereocenters. The highest BCUT2D eigenvalue weighted by atomic mass is 19.1. The molecule has 0 saturated carbocycles. The number of benzene rings is 2. The average molecular weight is 315 g/mol. The molecule has 1 aromatic heterocycles. The lowest BCUT2D eigenvalue weighted by atomic mass is 10.2. The predicted molar refractivity (Wildman–Crippen MR) is 83.1 cm³/mol. The molecule has 1 heterocycles. The van der Waals surface area contributed by atoms with Crippen LogP contribution in [0, 0.1) is 11.6 Å². The van der Waals surface area contributed by atoms with Crippen LogP contribution in [0.5, 0.6) is 0 Å². The summed E-state index contributed by atoms with van der Waals surface area (Å²) < 4.78 is 26.5. The Morgan fingerprint density at radius 1 is 1.17 bits per heavy atom. The minimum absolute atomic E-state index is 0.284. The van der Waals surface area contributed by atoms with Crippen molar-refractivity contribution >= 4 is 16.9 Å². The number of imidazole rings is 1. The van der Waals surface area contributed by atoms with Crippen molar-refractivity contribution in [2.75, 3.05) is 6.54 Å². The van der Waals surface area contributed by atoms with Gasteiger partial charge < -0.3 is 10.3 Å². The molecule has 0 spiro atoms. The number of nitrogens with one attached hydrogen (secondary N) is 2. The van der Waals surface area contributed by atoms with Crippen molar-refractivity contribution in [3.05, 3.63) is 65.5 Å². The fraction of sp³-hybridized carbons (Fsp3) is 0.176. The maximum absolute atomic E-state index is 13.5. The number of carbonyl (C=O) groups is 1. The molecule has 0 bridgehead atoms. The second-order valence-electron chi connectivity index (χ2n) is 5.18. The highest BCUT2D eigenvalue weighted by Gasteiger charge is 2.12. The molecular formula is C17H15F2N3O. The summed E-state index contributed by atoms with van der Waals surface area (Å²) in [6, 6.07) is 10.5. The Morgan fingerprint density at radius 3 is 2.83 bits per heavy atom. The first-order valence-corrected chi connectivity index (χ1v) is 7.30. The molecule has 0 radical (unpaired) electrons. The molecule has 3 rings (SSSR count). The first kappa shape index (κ1) is 15.1. The molecule has 2 aromatic carbocycles. The smallest absolute Gasteiger partial charge is 0.254 e. The van der Waals surface area contributed by atoms with Crippen molar-refractivity contribution in [3.63, 3.8) is 0 Å². The molecule has 0 atom stereocenters. The van der Waals surface area contributed by atoms with Gasteiger partial charge in [0.25, 0.3) is 5.91 Å². The summed E-state index contributed by atoms with van der Waals surface area (Å²) in [5.41, 5.74) is 1.58. The van der Waals surface area contributed by atoms with Gasteiger partial charge in [-0.25, -0.2) is 13.8 Å². The van der Waals surface area contributed by atoms with Gasteiger partial charge in [0.1, 0.15) is 17.5 Å². The molecule has 3 aromatic rings. The van der Waals surface area contributed by atoms with Crippen LogP contribution in [0.1, 0.15) is 22.6 Å². The van der Waals surface area contributed by atoms with Crippen molar-refractivity contribution in [3.8, 4) is 0 Å². The van der Waals surface area contributed by atoms with Crippen molar-refractivity contribution in [2.45, 2.75) is 12.8 Å². The van der Waals surface area contributed by atoms with Crippen LogP contribution in [0.15, 0.2) is 42.5 Å². The van der Waals surface area contributed by atoms with E-state index in [4.69, 9.17) is 0 Å². The van der Waals surface area contributed by atoms with Gasteiger partial charge in [-0.1, -0.05) is 12.1 Å². The molecule has 6 heteroatoms. The SMILES string of the molecule is O=C(NCCCc1nc2ccccc2[nH]1)c1cc(F)ccc1F. The molecule has 2 N–H and O–H groups in total. The van der Waals surface area contributed by atoms with E-state index in [0.29, 0.717) is 19.4 Å². The van der Waals surface area contributed by atoms with E-state index in [0.717, 1.165) is 35.1 Å². The van der Waals surface area contributed by atoms with Crippen molar-refractivity contribution in [2.24, 2.45) is 0 Å². The summed E-state index contributed by atoms with van der Waals surface area (Å²) >= 11 is 0. The largest absolute Gasteiger partial charge is 0.352 e. The minimum atomic E-state index is -0.735. The summed E-state index contributed by atoms with van der Waals surface area (Å²) in [4.78, 5) is 19.5. The van der Waals surface area contributed by atoms with Crippen LogP contribution < -0.4 is 5.32 Å². The molecule has 4 nitrogen and oxygen atoms in total. The van der Waals surface area contributed by atoms with E-state index in [1.54, 1.807) is 0 Å². The topological polar surface area (TPSA) is 57.8 Å². The normalized spacial score (nSPS) is 10.9. The summed E-state index contributed by atoms with van der Waals surface area (Å²) in [6.45, 7) is 0.353. The Morgan fingerprint density at radius 2 is 2.00 bits per heavy atom. The maximum atomic E-state index is 13.5. The second-order valence-corrected chi connectivity index (χ2v) is 5.18. The van der Waals surface area contributed by atoms with E-state index in [1.807, 2.05) is 24.3 Å². The van der Waals surface area contributed by atoms with Crippen LogP contribution in [0.25, 0.3) is 11.0 Å². The first-order chi connectivity index (χ1) is 11.1. The predicted octanol–water partition coefficient (Wildman–Crippen LogP) is 3.20. The van der Waals surface area contributed by atoms with Gasteiger partial charge in [0, 0.05) is 13.0 Å². The lowest BCUT2D eigenvalue weighted by Gasteiger charge is -2.05. The highest BCUT2D eigenvalue weighted by Crippen LogP contribution is 2.12. The summed E-state index contributed by atoms with van der Waals surface area (Å²) in [6.07, 6.45) is 1.29. The Kier molecular flexibility index (Phi) is 4.32. The number of hydrogen-bond donors (Lipinski definition) is 2. The summed E-state index contributed by atoms with van der Waals surface area (Å²) in [7, 11) is 0. The van der Waals surface area contributed by atoms with E-state index >= 15 is 0 Å². The van der Waals surface area contributed by atoms with Crippen molar-refractivity contribution in [1.82, 2.24) is 15.3 Å². The zero-order chi connectivity index (χ0) is 16.2. The van der Waals surface area contributed by atoms with Crippen LogP contribution in [0.2, 0.25) is 0 Å². The number of halogens is 2. The van der Waals surface area contributed by atoms with Gasteiger partial charge in [0.15, 0.2) is 0 Å². The first-order valence-electron chi connectivity index (χ1n) is 7.30. The number of H-pyrrole nitrogens is 1. The number of hydrogen-bond acceptors (Lipinski definition) is 2. The van der Waals surface area contributed by atoms with Crippen LogP contribution in [0.3, 0.4) is 0 Å². The van der Waals surface area contributed by atoms with E-state index in [1.165, 1.54) is 0 Å². The second kappa shape index (κ2) is 6.56. The van der Waals surface area contributed by atoms with E-state index in [9.17, 15) is 13.6 Å². The minimum Gasteiger partial charge on any atom is -0.352 e. The zero-order valence-corrected chi connectivity index (χ0v) is 12.3. The number of aromatic amines is 1. The molecule has 0 aliphatic carbocycles. The summed E-state index contributed by atoms with van der Waals surface area (Å²) in [5.74, 6) is -1.16. The Balaban J connectivity index is 1.53. The number of nitrogens with zero attached hydrogens (tertiary/aromatic N) is 1. The zero-order valence-electron chi connectivity index (χ0n) is 12.3. The number of aryl methyl sites for hydroxylation is 1. The number of para-hydroxylation sites is 2. The average Bonchev–Trinajstić information content (AvgIpc) is 2.96. The Hall–Kier alpha value is -2.76. The standard InChI is InChI=1S/C17H15F2N3O/c18-11-7-8-13(19)12(10-11)17(23)20-9-3-6-16-21-14-4-1-2-5-15(14)22-16/h1-2,4-5,7-8,10H,3,6,9H2,(H,20,23)(H,21,22). The molecular weight excluding hydrogens is 300 g/mol.